The van der Waals surface area contributed by atoms with Crippen LogP contribution in [0.2, 0.25) is 0 Å². The number of likely N-dealkylation sites (tertiary alicyclic amines) is 2. The van der Waals surface area contributed by atoms with E-state index in [-0.39, 0.29) is 133 Å². The molecule has 0 bridgehead atoms. The predicted octanol–water partition coefficient (Wildman–Crippen LogP) is 10.9. The highest BCUT2D eigenvalue weighted by atomic mass is 16.2. The van der Waals surface area contributed by atoms with Gasteiger partial charge in [0.2, 0.25) is 23.6 Å². The molecule has 10 atom stereocenters. The summed E-state index contributed by atoms with van der Waals surface area (Å²) in [4.78, 5) is 170. The van der Waals surface area contributed by atoms with Crippen LogP contribution in [0.15, 0.2) is 70.9 Å². The van der Waals surface area contributed by atoms with Gasteiger partial charge in [0, 0.05) is 134 Å². The van der Waals surface area contributed by atoms with E-state index in [4.69, 9.17) is 22.9 Å². The minimum Gasteiger partial charge on any atom is -0.370 e. The number of H-pyrrole nitrogens is 2. The summed E-state index contributed by atoms with van der Waals surface area (Å²) < 4.78 is 0. The van der Waals surface area contributed by atoms with Crippen LogP contribution in [0.4, 0.5) is 0 Å². The van der Waals surface area contributed by atoms with Gasteiger partial charge in [0.1, 0.15) is 17.3 Å². The monoisotopic (exact) mass is 1570 g/mol. The number of carbonyl (C=O) groups is 11. The van der Waals surface area contributed by atoms with Gasteiger partial charge in [0.25, 0.3) is 0 Å². The molecule has 0 aliphatic carbocycles. The fourth-order valence-corrected chi connectivity index (χ4v) is 16.1. The summed E-state index contributed by atoms with van der Waals surface area (Å²) in [6.07, 6.45) is 14.5. The Kier molecular flexibility index (Phi) is 39.9. The minimum atomic E-state index is -0.890. The van der Waals surface area contributed by atoms with Gasteiger partial charge in [-0.1, -0.05) is 132 Å². The topological polar surface area (TPSA) is 403 Å². The number of benzene rings is 2. The largest absolute Gasteiger partial charge is 0.370 e. The van der Waals surface area contributed by atoms with Crippen LogP contribution in [0.5, 0.6) is 0 Å². The van der Waals surface area contributed by atoms with Crippen LogP contribution in [0.25, 0.3) is 21.8 Å². The molecule has 25 heteroatoms. The van der Waals surface area contributed by atoms with Crippen molar-refractivity contribution in [1.82, 2.24) is 41.0 Å². The Labute approximate surface area is 672 Å². The molecule has 113 heavy (non-hydrogen) atoms. The fraction of sp³-hybridized carbons (Fsp3) is 0.670. The second-order valence-corrected chi connectivity index (χ2v) is 34.8. The third-order valence-corrected chi connectivity index (χ3v) is 22.1. The number of aromatic amines is 2. The van der Waals surface area contributed by atoms with Crippen molar-refractivity contribution in [3.05, 3.63) is 72.1 Å². The molecule has 0 spiro atoms. The molecule has 2 fully saturated rings. The van der Waals surface area contributed by atoms with Crippen LogP contribution < -0.4 is 44.2 Å². The van der Waals surface area contributed by atoms with Crippen molar-refractivity contribution in [1.29, 1.82) is 0 Å². The molecule has 2 aliphatic rings. The molecule has 2 aliphatic heterocycles. The van der Waals surface area contributed by atoms with E-state index in [2.05, 4.69) is 48.1 Å². The summed E-state index contributed by atoms with van der Waals surface area (Å²) in [5, 5.41) is 14.6. The second-order valence-electron chi connectivity index (χ2n) is 34.8. The summed E-state index contributed by atoms with van der Waals surface area (Å²) >= 11 is 0. The molecule has 628 valence electrons. The van der Waals surface area contributed by atoms with Gasteiger partial charge >= 0.3 is 0 Å². The number of carbonyl (C=O) groups excluding carboxylic acids is 11. The molecule has 0 saturated carbocycles. The quantitative estimate of drug-likeness (QED) is 0.0112. The van der Waals surface area contributed by atoms with Crippen molar-refractivity contribution in [2.24, 2.45) is 91.1 Å². The SMILES string of the molecule is CCNCCCC(=O)C[C@@H](CCCN=C(N)N)C(=O)N1CCC[C@H]1C(=O)C[C@@H](Cc1c[nH]c2ccccc12)C(=O)N[C@H](C(=O)C[C@@H](CC(C)C)C(C)=O)C(C)(C)C.CCNCCCCC[C@@H](CCCN=C(N)N)C(=O)N1CCC[C@H]1C(=O)C[C@@H](Cc1c[nH]c2ccccc12)C(=O)N[C@H](C(=O)C[C@@H](CC(C)C)C(C)=O)C(C)(C)C. The van der Waals surface area contributed by atoms with Crippen molar-refractivity contribution in [2.45, 2.75) is 269 Å². The van der Waals surface area contributed by atoms with E-state index in [1.165, 1.54) is 13.8 Å². The lowest BCUT2D eigenvalue weighted by molar-refractivity contribution is -0.143. The first-order chi connectivity index (χ1) is 53.4. The number of Topliss-reactive ketones (excluding diaryl/α,β-unsaturated/α-hetero) is 7. The van der Waals surface area contributed by atoms with Gasteiger partial charge in [0.15, 0.2) is 35.1 Å². The van der Waals surface area contributed by atoms with Gasteiger partial charge in [-0.3, -0.25) is 62.7 Å². The van der Waals surface area contributed by atoms with Crippen LogP contribution in [-0.2, 0) is 65.6 Å². The van der Waals surface area contributed by atoms with Gasteiger partial charge in [-0.25, -0.2) is 0 Å². The number of ketones is 7. The first kappa shape index (κ1) is 95.1. The number of amides is 4. The zero-order chi connectivity index (χ0) is 83.7. The number of para-hydroxylation sites is 2. The average molecular weight is 1570 g/mol. The number of rotatable bonds is 50. The first-order valence-electron chi connectivity index (χ1n) is 41.9. The molecule has 4 aromatic rings. The van der Waals surface area contributed by atoms with E-state index < -0.39 is 70.5 Å². The number of aliphatic imine (C=N–C) groups is 2. The number of unbranched alkanes of at least 4 members (excludes halogenated alkanes) is 2. The van der Waals surface area contributed by atoms with Gasteiger partial charge in [-0.15, -0.1) is 0 Å². The lowest BCUT2D eigenvalue weighted by Crippen LogP contribution is -2.52. The maximum Gasteiger partial charge on any atom is 0.226 e. The standard InChI is InChI=1S/C44H69N7O6.C44H71N7O5/c1-8-47-19-12-15-34(53)24-30(14-11-20-48-43(45)46)42(57)51-21-13-18-37(51)38(54)26-32(23-33-27-49-36-17-10-9-16-35(33)36)41(56)50-40(44(5,6)7)39(55)25-31(29(4)52)22-28(2)3;1-8-47-21-13-9-10-16-31(17-14-22-48-43(45)46)42(56)51-23-15-20-37(51)38(53)27-33(25-34-28-49-36-19-12-11-18-35(34)36)41(55)50-40(44(5,6)7)39(54)26-32(30(4)52)24-29(2)3/h9-10,16-17,27-28,30-32,37,40,47,49H,8,11-15,18-26H2,1-7H3,(H,50,56)(H4,45,46,48);11-12,18-19,28-29,31-33,37,40,47,49H,8-10,13-17,20-27H2,1-7H3,(H,50,55)(H4,45,46,48)/t30-,31-,32-,37+,40-;31-,32+,33+,37-,40+/m10/s1. The molecule has 0 radical (unpaired) electrons. The number of nitrogens with two attached hydrogens (primary N) is 4. The molecule has 4 amide bonds. The Bertz CT molecular complexity index is 3810. The van der Waals surface area contributed by atoms with Crippen molar-refractivity contribution < 1.29 is 52.7 Å². The van der Waals surface area contributed by atoms with E-state index in [1.807, 2.05) is 137 Å². The van der Waals surface area contributed by atoms with Gasteiger partial charge < -0.3 is 64.0 Å². The maximum atomic E-state index is 14.4. The van der Waals surface area contributed by atoms with Crippen LogP contribution in [0.1, 0.15) is 243 Å². The number of hydrogen-bond acceptors (Lipinski definition) is 15. The molecule has 6 rings (SSSR count). The second kappa shape index (κ2) is 47.4. The van der Waals surface area contributed by atoms with Crippen LogP contribution >= 0.6 is 0 Å². The van der Waals surface area contributed by atoms with Crippen LogP contribution in [0.3, 0.4) is 0 Å². The molecule has 25 nitrogen and oxygen atoms in total. The van der Waals surface area contributed by atoms with E-state index in [9.17, 15) is 52.7 Å². The summed E-state index contributed by atoms with van der Waals surface area (Å²) in [6, 6.07) is 12.5. The molecule has 4 heterocycles. The molecule has 2 saturated heterocycles. The normalized spacial score (nSPS) is 16.6. The lowest BCUT2D eigenvalue weighted by Gasteiger charge is -2.33. The third-order valence-electron chi connectivity index (χ3n) is 22.1. The average Bonchev–Trinajstić information content (AvgIpc) is 1.51. The number of hydrogen-bond donors (Lipinski definition) is 10. The fourth-order valence-electron chi connectivity index (χ4n) is 16.1. The zero-order valence-electron chi connectivity index (χ0n) is 70.7. The van der Waals surface area contributed by atoms with Crippen molar-refractivity contribution in [3.63, 3.8) is 0 Å². The van der Waals surface area contributed by atoms with Crippen molar-refractivity contribution in [3.8, 4) is 0 Å². The molecule has 0 unspecified atom stereocenters. The van der Waals surface area contributed by atoms with E-state index in [1.54, 1.807) is 9.80 Å². The third kappa shape index (κ3) is 31.7. The van der Waals surface area contributed by atoms with Crippen LogP contribution in [-0.4, -0.2) is 172 Å². The number of guanidine groups is 2. The van der Waals surface area contributed by atoms with Crippen LogP contribution in [0, 0.1) is 58.2 Å². The van der Waals surface area contributed by atoms with Gasteiger partial charge in [0.05, 0.1) is 24.2 Å². The Morgan fingerprint density at radius 3 is 1.29 bits per heavy atom. The maximum absolute atomic E-state index is 14.4. The van der Waals surface area contributed by atoms with Gasteiger partial charge in [-0.2, -0.15) is 0 Å². The number of fused-ring (bicyclic) bond motifs is 2. The highest BCUT2D eigenvalue weighted by Gasteiger charge is 2.44. The Morgan fingerprint density at radius 2 is 0.894 bits per heavy atom. The molecule has 2 aromatic carbocycles. The summed E-state index contributed by atoms with van der Waals surface area (Å²) in [5.74, 6) is -4.91. The number of aromatic nitrogens is 2. The summed E-state index contributed by atoms with van der Waals surface area (Å²) in [6.45, 7) is 31.5. The highest BCUT2D eigenvalue weighted by molar-refractivity contribution is 5.99. The van der Waals surface area contributed by atoms with E-state index in [0.717, 1.165) is 78.3 Å². The first-order valence-corrected chi connectivity index (χ1v) is 41.9. The molecule has 2 aromatic heterocycles. The zero-order valence-corrected chi connectivity index (χ0v) is 70.7. The lowest BCUT2D eigenvalue weighted by atomic mass is 9.79. The van der Waals surface area contributed by atoms with Crippen molar-refractivity contribution in [2.75, 3.05) is 52.4 Å². The summed E-state index contributed by atoms with van der Waals surface area (Å²) in [7, 11) is 0. The van der Waals surface area contributed by atoms with Gasteiger partial charge in [-0.05, 0) is 182 Å². The molecular formula is C88H140N14O11. The Hall–Kier alpha value is -8.45. The molecular weight excluding hydrogens is 1430 g/mol. The number of nitrogens with one attached hydrogen (secondary N) is 6. The number of nitrogens with zero attached hydrogens (tertiary/aromatic N) is 4. The van der Waals surface area contributed by atoms with Crippen molar-refractivity contribution >= 4 is 97.8 Å². The smallest absolute Gasteiger partial charge is 0.226 e. The van der Waals surface area contributed by atoms with E-state index in [0.29, 0.717) is 110 Å². The van der Waals surface area contributed by atoms with E-state index >= 15 is 0 Å². The Balaban J connectivity index is 0.000000404. The Morgan fingerprint density at radius 1 is 0.496 bits per heavy atom. The molecule has 14 N–H and O–H groups in total. The minimum absolute atomic E-state index is 0.00703. The highest BCUT2D eigenvalue weighted by Crippen LogP contribution is 2.34. The predicted molar refractivity (Wildman–Crippen MR) is 450 cm³/mol. The summed E-state index contributed by atoms with van der Waals surface area (Å²) in [5.41, 5.74) is 24.4.